The van der Waals surface area contributed by atoms with Gasteiger partial charge in [-0.3, -0.25) is 4.79 Å². The van der Waals surface area contributed by atoms with Crippen molar-refractivity contribution >= 4 is 16.9 Å². The van der Waals surface area contributed by atoms with Gasteiger partial charge in [0.25, 0.3) is 0 Å². The minimum atomic E-state index is -0.0476. The van der Waals surface area contributed by atoms with Crippen LogP contribution in [0.2, 0.25) is 0 Å². The number of benzene rings is 1. The smallest absolute Gasteiger partial charge is 0.223 e. The fourth-order valence-corrected chi connectivity index (χ4v) is 4.91. The maximum Gasteiger partial charge on any atom is 0.223 e. The second-order valence-electron chi connectivity index (χ2n) is 9.14. The lowest BCUT2D eigenvalue weighted by molar-refractivity contribution is -0.130. The number of nitrogens with zero attached hydrogens (tertiary/aromatic N) is 4. The number of aromatic nitrogens is 4. The average Bonchev–Trinajstić information content (AvgIpc) is 3.49. The molecule has 2 aromatic heterocycles. The van der Waals surface area contributed by atoms with Crippen molar-refractivity contribution in [3.05, 3.63) is 41.9 Å². The van der Waals surface area contributed by atoms with Gasteiger partial charge in [0.05, 0.1) is 17.0 Å². The van der Waals surface area contributed by atoms with Gasteiger partial charge in [-0.2, -0.15) is 0 Å². The van der Waals surface area contributed by atoms with E-state index in [2.05, 4.69) is 20.2 Å². The Kier molecular flexibility index (Phi) is 5.25. The number of likely N-dealkylation sites (tertiary alicyclic amines) is 1. The molecule has 5 rings (SSSR count). The molecule has 1 amide bonds. The van der Waals surface area contributed by atoms with E-state index in [1.165, 1.54) is 0 Å². The third kappa shape index (κ3) is 3.84. The van der Waals surface area contributed by atoms with E-state index in [9.17, 15) is 4.79 Å². The number of ether oxygens (including phenoxy) is 1. The fourth-order valence-electron chi connectivity index (χ4n) is 4.91. The molecule has 31 heavy (non-hydrogen) atoms. The average molecular weight is 424 g/mol. The number of carbonyl (C=O) groups is 1. The van der Waals surface area contributed by atoms with Crippen LogP contribution < -0.4 is 0 Å². The molecule has 164 valence electrons. The first-order valence-corrected chi connectivity index (χ1v) is 11.2. The molecule has 0 saturated carbocycles. The van der Waals surface area contributed by atoms with E-state index in [0.29, 0.717) is 44.4 Å². The van der Waals surface area contributed by atoms with Gasteiger partial charge in [0, 0.05) is 50.5 Å². The highest BCUT2D eigenvalue weighted by Gasteiger charge is 2.51. The predicted molar refractivity (Wildman–Crippen MR) is 115 cm³/mol. The summed E-state index contributed by atoms with van der Waals surface area (Å²) in [5.41, 5.74) is 1.89. The number of imidazole rings is 1. The summed E-state index contributed by atoms with van der Waals surface area (Å²) in [7, 11) is 0. The standard InChI is InChI=1S/C23H29N5O3/c1-15(2)21-26-27-22(31-21)16-13-28(14-23(16)9-11-30-12-10-23)20(29)8-7-19-24-17-5-3-4-6-18(17)25-19/h3-6,15-16H,7-14H2,1-2H3,(H,24,25). The maximum atomic E-state index is 13.1. The molecule has 0 bridgehead atoms. The third-order valence-corrected chi connectivity index (χ3v) is 6.75. The van der Waals surface area contributed by atoms with Gasteiger partial charge in [-0.05, 0) is 25.0 Å². The van der Waals surface area contributed by atoms with Gasteiger partial charge in [0.1, 0.15) is 5.82 Å². The molecular weight excluding hydrogens is 394 g/mol. The minimum absolute atomic E-state index is 0.0476. The number of hydrogen-bond donors (Lipinski definition) is 1. The van der Waals surface area contributed by atoms with Crippen LogP contribution >= 0.6 is 0 Å². The van der Waals surface area contributed by atoms with Gasteiger partial charge >= 0.3 is 0 Å². The number of aryl methyl sites for hydroxylation is 1. The van der Waals surface area contributed by atoms with Crippen LogP contribution in [0, 0.1) is 5.41 Å². The summed E-state index contributed by atoms with van der Waals surface area (Å²) in [5, 5.41) is 8.61. The van der Waals surface area contributed by atoms with Crippen molar-refractivity contribution in [3.8, 4) is 0 Å². The monoisotopic (exact) mass is 423 g/mol. The Morgan fingerprint density at radius 1 is 1.26 bits per heavy atom. The highest BCUT2D eigenvalue weighted by Crippen LogP contribution is 2.49. The van der Waals surface area contributed by atoms with E-state index in [0.717, 1.165) is 36.2 Å². The third-order valence-electron chi connectivity index (χ3n) is 6.75. The fraction of sp³-hybridized carbons (Fsp3) is 0.565. The van der Waals surface area contributed by atoms with E-state index >= 15 is 0 Å². The zero-order valence-electron chi connectivity index (χ0n) is 18.1. The molecule has 1 atom stereocenters. The number of H-pyrrole nitrogens is 1. The molecule has 3 aromatic rings. The van der Waals surface area contributed by atoms with Crippen LogP contribution in [0.15, 0.2) is 28.7 Å². The van der Waals surface area contributed by atoms with E-state index < -0.39 is 0 Å². The number of hydrogen-bond acceptors (Lipinski definition) is 6. The largest absolute Gasteiger partial charge is 0.425 e. The maximum absolute atomic E-state index is 13.1. The van der Waals surface area contributed by atoms with Gasteiger partial charge in [-0.15, -0.1) is 10.2 Å². The number of fused-ring (bicyclic) bond motifs is 1. The van der Waals surface area contributed by atoms with E-state index in [4.69, 9.17) is 9.15 Å². The van der Waals surface area contributed by atoms with Crippen molar-refractivity contribution in [1.82, 2.24) is 25.1 Å². The SMILES string of the molecule is CC(C)c1nnc(C2CN(C(=O)CCc3nc4ccccc4[nH]3)CC23CCOCC3)o1. The zero-order valence-corrected chi connectivity index (χ0v) is 18.1. The van der Waals surface area contributed by atoms with Crippen molar-refractivity contribution in [2.75, 3.05) is 26.3 Å². The van der Waals surface area contributed by atoms with Crippen molar-refractivity contribution < 1.29 is 13.9 Å². The molecule has 2 aliphatic rings. The summed E-state index contributed by atoms with van der Waals surface area (Å²) in [5.74, 6) is 2.58. The second-order valence-corrected chi connectivity index (χ2v) is 9.14. The lowest BCUT2D eigenvalue weighted by Gasteiger charge is -2.36. The van der Waals surface area contributed by atoms with Crippen molar-refractivity contribution in [3.63, 3.8) is 0 Å². The lowest BCUT2D eigenvalue weighted by Crippen LogP contribution is -2.37. The molecule has 8 nitrogen and oxygen atoms in total. The van der Waals surface area contributed by atoms with Gasteiger partial charge in [-0.1, -0.05) is 26.0 Å². The van der Waals surface area contributed by atoms with Crippen LogP contribution in [0.5, 0.6) is 0 Å². The Morgan fingerprint density at radius 3 is 2.81 bits per heavy atom. The Bertz CT molecular complexity index is 1030. The molecule has 0 radical (unpaired) electrons. The van der Waals surface area contributed by atoms with Gasteiger partial charge in [0.2, 0.25) is 17.7 Å². The highest BCUT2D eigenvalue weighted by atomic mass is 16.5. The van der Waals surface area contributed by atoms with Crippen LogP contribution in [0.4, 0.5) is 0 Å². The molecule has 1 spiro atoms. The molecule has 0 aliphatic carbocycles. The van der Waals surface area contributed by atoms with Crippen LogP contribution in [-0.4, -0.2) is 57.3 Å². The number of rotatable bonds is 5. The summed E-state index contributed by atoms with van der Waals surface area (Å²) >= 11 is 0. The molecule has 1 aromatic carbocycles. The van der Waals surface area contributed by atoms with Gasteiger partial charge < -0.3 is 19.0 Å². The Labute approximate surface area is 181 Å². The lowest BCUT2D eigenvalue weighted by atomic mass is 9.72. The molecule has 2 fully saturated rings. The predicted octanol–water partition coefficient (Wildman–Crippen LogP) is 3.42. The summed E-state index contributed by atoms with van der Waals surface area (Å²) in [6.07, 6.45) is 2.85. The van der Waals surface area contributed by atoms with Crippen molar-refractivity contribution in [2.45, 2.75) is 51.4 Å². The second kappa shape index (κ2) is 8.07. The molecule has 1 unspecified atom stereocenters. The number of nitrogens with one attached hydrogen (secondary N) is 1. The first kappa shape index (κ1) is 20.2. The van der Waals surface area contributed by atoms with E-state index in [-0.39, 0.29) is 23.2 Å². The Morgan fingerprint density at radius 2 is 2.06 bits per heavy atom. The van der Waals surface area contributed by atoms with Crippen LogP contribution in [0.25, 0.3) is 11.0 Å². The molecule has 8 heteroatoms. The van der Waals surface area contributed by atoms with Crippen LogP contribution in [0.3, 0.4) is 0 Å². The Hall–Kier alpha value is -2.74. The zero-order chi connectivity index (χ0) is 21.4. The molecule has 1 N–H and O–H groups in total. The van der Waals surface area contributed by atoms with Gasteiger partial charge in [-0.25, -0.2) is 4.98 Å². The van der Waals surface area contributed by atoms with E-state index in [1.807, 2.05) is 43.0 Å². The highest BCUT2D eigenvalue weighted by molar-refractivity contribution is 5.78. The normalized spacial score (nSPS) is 20.9. The first-order valence-electron chi connectivity index (χ1n) is 11.2. The minimum Gasteiger partial charge on any atom is -0.425 e. The first-order chi connectivity index (χ1) is 15.0. The summed E-state index contributed by atoms with van der Waals surface area (Å²) in [6.45, 7) is 6.86. The summed E-state index contributed by atoms with van der Waals surface area (Å²) in [4.78, 5) is 23.0. The number of para-hydroxylation sites is 2. The summed E-state index contributed by atoms with van der Waals surface area (Å²) in [6, 6.07) is 7.93. The molecule has 2 saturated heterocycles. The number of carbonyl (C=O) groups excluding carboxylic acids is 1. The Balaban J connectivity index is 1.31. The molecule has 4 heterocycles. The van der Waals surface area contributed by atoms with Crippen molar-refractivity contribution in [1.29, 1.82) is 0 Å². The van der Waals surface area contributed by atoms with Crippen LogP contribution in [0.1, 0.15) is 62.6 Å². The van der Waals surface area contributed by atoms with Crippen LogP contribution in [-0.2, 0) is 16.0 Å². The van der Waals surface area contributed by atoms with Gasteiger partial charge in [0.15, 0.2) is 0 Å². The van der Waals surface area contributed by atoms with E-state index in [1.54, 1.807) is 0 Å². The molecule has 2 aliphatic heterocycles. The quantitative estimate of drug-likeness (QED) is 0.675. The topological polar surface area (TPSA) is 97.1 Å². The summed E-state index contributed by atoms with van der Waals surface area (Å²) < 4.78 is 11.7. The molecular formula is C23H29N5O3. The number of aromatic amines is 1. The van der Waals surface area contributed by atoms with Crippen molar-refractivity contribution in [2.24, 2.45) is 5.41 Å². The number of amides is 1.